The van der Waals surface area contributed by atoms with Crippen LogP contribution in [0.1, 0.15) is 58.8 Å². The topological polar surface area (TPSA) is 66.4 Å². The van der Waals surface area contributed by atoms with E-state index in [0.717, 1.165) is 12.8 Å². The molecule has 1 unspecified atom stereocenters. The van der Waals surface area contributed by atoms with E-state index in [0.29, 0.717) is 5.92 Å². The predicted octanol–water partition coefficient (Wildman–Crippen LogP) is 3.09. The van der Waals surface area contributed by atoms with Gasteiger partial charge in [0, 0.05) is 5.92 Å². The highest BCUT2D eigenvalue weighted by atomic mass is 16.4. The maximum absolute atomic E-state index is 12.0. The van der Waals surface area contributed by atoms with Crippen molar-refractivity contribution < 1.29 is 14.7 Å². The van der Waals surface area contributed by atoms with E-state index in [1.807, 2.05) is 13.8 Å². The van der Waals surface area contributed by atoms with Crippen LogP contribution in [0.15, 0.2) is 11.8 Å². The largest absolute Gasteiger partial charge is 0.477 e. The number of allylic oxidation sites excluding steroid dienone is 1. The Morgan fingerprint density at radius 1 is 1.25 bits per heavy atom. The number of carbonyl (C=O) groups is 2. The molecule has 0 heterocycles. The van der Waals surface area contributed by atoms with Crippen molar-refractivity contribution >= 4 is 11.9 Å². The highest BCUT2D eigenvalue weighted by Gasteiger charge is 2.50. The van der Waals surface area contributed by atoms with Crippen LogP contribution >= 0.6 is 0 Å². The average Bonchev–Trinajstić information content (AvgIpc) is 3.04. The second-order valence-electron chi connectivity index (χ2n) is 6.90. The van der Waals surface area contributed by atoms with Crippen LogP contribution in [0.4, 0.5) is 0 Å². The van der Waals surface area contributed by atoms with E-state index in [1.165, 1.54) is 32.1 Å². The van der Waals surface area contributed by atoms with Crippen LogP contribution in [-0.2, 0) is 9.59 Å². The molecule has 1 amide bonds. The summed E-state index contributed by atoms with van der Waals surface area (Å²) in [4.78, 5) is 23.2. The van der Waals surface area contributed by atoms with Gasteiger partial charge in [-0.1, -0.05) is 52.0 Å². The van der Waals surface area contributed by atoms with Crippen molar-refractivity contribution in [3.8, 4) is 0 Å². The molecule has 2 N–H and O–H groups in total. The molecule has 0 saturated heterocycles. The Morgan fingerprint density at radius 2 is 1.85 bits per heavy atom. The molecule has 0 spiro atoms. The number of hydrogen-bond acceptors (Lipinski definition) is 2. The second-order valence-corrected chi connectivity index (χ2v) is 6.90. The quantitative estimate of drug-likeness (QED) is 0.760. The third-order valence-corrected chi connectivity index (χ3v) is 4.70. The summed E-state index contributed by atoms with van der Waals surface area (Å²) in [6.45, 7) is 4.06. The molecular formula is C16H25NO3. The lowest BCUT2D eigenvalue weighted by Crippen LogP contribution is -2.30. The van der Waals surface area contributed by atoms with Gasteiger partial charge in [-0.3, -0.25) is 4.79 Å². The zero-order valence-corrected chi connectivity index (χ0v) is 12.4. The van der Waals surface area contributed by atoms with Gasteiger partial charge < -0.3 is 10.4 Å². The van der Waals surface area contributed by atoms with Gasteiger partial charge in [0.25, 0.3) is 0 Å². The van der Waals surface area contributed by atoms with Crippen LogP contribution in [0.3, 0.4) is 0 Å². The number of amides is 1. The molecule has 0 aliphatic heterocycles. The molecule has 0 aromatic carbocycles. The smallest absolute Gasteiger partial charge is 0.352 e. The molecule has 0 aromatic heterocycles. The van der Waals surface area contributed by atoms with Gasteiger partial charge in [-0.15, -0.1) is 0 Å². The maximum Gasteiger partial charge on any atom is 0.352 e. The third kappa shape index (κ3) is 3.84. The van der Waals surface area contributed by atoms with Gasteiger partial charge in [0.1, 0.15) is 5.70 Å². The lowest BCUT2D eigenvalue weighted by atomic mass is 9.87. The minimum Gasteiger partial charge on any atom is -0.477 e. The molecule has 2 aliphatic carbocycles. The summed E-state index contributed by atoms with van der Waals surface area (Å²) in [7, 11) is 0. The molecule has 4 heteroatoms. The van der Waals surface area contributed by atoms with E-state index in [-0.39, 0.29) is 22.9 Å². The molecular weight excluding hydrogens is 254 g/mol. The predicted molar refractivity (Wildman–Crippen MR) is 76.9 cm³/mol. The van der Waals surface area contributed by atoms with E-state index in [4.69, 9.17) is 0 Å². The Labute approximate surface area is 120 Å². The fourth-order valence-corrected chi connectivity index (χ4v) is 3.03. The zero-order valence-electron chi connectivity index (χ0n) is 12.4. The van der Waals surface area contributed by atoms with Crippen LogP contribution in [0, 0.1) is 17.3 Å². The second kappa shape index (κ2) is 5.98. The minimum atomic E-state index is -1.03. The van der Waals surface area contributed by atoms with Crippen LogP contribution < -0.4 is 5.32 Å². The van der Waals surface area contributed by atoms with E-state index in [1.54, 1.807) is 6.08 Å². The standard InChI is InChI=1S/C16H25NO3/c1-16(2)10-12(16)14(18)17-13(15(19)20)9-8-11-6-4-3-5-7-11/h9,11-12H,3-8,10H2,1-2H3,(H,17,18)(H,19,20). The van der Waals surface area contributed by atoms with Crippen molar-refractivity contribution in [2.24, 2.45) is 17.3 Å². The Morgan fingerprint density at radius 3 is 2.35 bits per heavy atom. The first kappa shape index (κ1) is 15.1. The first-order valence-electron chi connectivity index (χ1n) is 7.64. The van der Waals surface area contributed by atoms with Crippen LogP contribution in [0.25, 0.3) is 0 Å². The van der Waals surface area contributed by atoms with Crippen LogP contribution in [0.2, 0.25) is 0 Å². The van der Waals surface area contributed by atoms with E-state index < -0.39 is 5.97 Å². The lowest BCUT2D eigenvalue weighted by Gasteiger charge is -2.20. The fourth-order valence-electron chi connectivity index (χ4n) is 3.03. The summed E-state index contributed by atoms with van der Waals surface area (Å²) in [5.41, 5.74) is 0.0835. The van der Waals surface area contributed by atoms with E-state index >= 15 is 0 Å². The Kier molecular flexibility index (Phi) is 4.51. The summed E-state index contributed by atoms with van der Waals surface area (Å²) in [6.07, 6.45) is 9.42. The number of carbonyl (C=O) groups excluding carboxylic acids is 1. The highest BCUT2D eigenvalue weighted by Crippen LogP contribution is 2.51. The molecule has 20 heavy (non-hydrogen) atoms. The minimum absolute atomic E-state index is 0.0249. The van der Waals surface area contributed by atoms with Crippen molar-refractivity contribution in [3.63, 3.8) is 0 Å². The molecule has 2 rings (SSSR count). The molecule has 112 valence electrons. The summed E-state index contributed by atoms with van der Waals surface area (Å²) in [6, 6.07) is 0. The maximum atomic E-state index is 12.0. The third-order valence-electron chi connectivity index (χ3n) is 4.70. The molecule has 0 bridgehead atoms. The van der Waals surface area contributed by atoms with Crippen molar-refractivity contribution in [2.45, 2.75) is 58.8 Å². The lowest BCUT2D eigenvalue weighted by molar-refractivity contribution is -0.135. The monoisotopic (exact) mass is 279 g/mol. The van der Waals surface area contributed by atoms with Crippen molar-refractivity contribution in [3.05, 3.63) is 11.8 Å². The van der Waals surface area contributed by atoms with Crippen molar-refractivity contribution in [2.75, 3.05) is 0 Å². The highest BCUT2D eigenvalue weighted by molar-refractivity contribution is 5.94. The number of aliphatic carboxylic acids is 1. The molecule has 2 fully saturated rings. The summed E-state index contributed by atoms with van der Waals surface area (Å²) < 4.78 is 0. The number of carboxylic acids is 1. The number of nitrogens with one attached hydrogen (secondary N) is 1. The molecule has 2 aliphatic rings. The first-order valence-corrected chi connectivity index (χ1v) is 7.64. The molecule has 0 radical (unpaired) electrons. The van der Waals surface area contributed by atoms with E-state index in [2.05, 4.69) is 5.32 Å². The normalized spacial score (nSPS) is 26.1. The summed E-state index contributed by atoms with van der Waals surface area (Å²) in [5.74, 6) is -0.646. The first-order chi connectivity index (χ1) is 9.40. The number of rotatable bonds is 5. The van der Waals surface area contributed by atoms with Crippen molar-refractivity contribution in [1.82, 2.24) is 5.32 Å². The summed E-state index contributed by atoms with van der Waals surface area (Å²) >= 11 is 0. The van der Waals surface area contributed by atoms with Gasteiger partial charge in [-0.25, -0.2) is 4.79 Å². The average molecular weight is 279 g/mol. The molecule has 1 atom stereocenters. The number of carboxylic acid groups (broad SMARTS) is 1. The van der Waals surface area contributed by atoms with Gasteiger partial charge in [-0.05, 0) is 24.2 Å². The Hall–Kier alpha value is -1.32. The molecule has 0 aromatic rings. The van der Waals surface area contributed by atoms with Gasteiger partial charge in [0.05, 0.1) is 0 Å². The SMILES string of the molecule is CC1(C)CC1C(=O)NC(=CCC1CCCCC1)C(=O)O. The summed E-state index contributed by atoms with van der Waals surface area (Å²) in [5, 5.41) is 11.8. The van der Waals surface area contributed by atoms with Gasteiger partial charge in [0.2, 0.25) is 5.91 Å². The van der Waals surface area contributed by atoms with Crippen LogP contribution in [0.5, 0.6) is 0 Å². The van der Waals surface area contributed by atoms with Gasteiger partial charge >= 0.3 is 5.97 Å². The molecule has 4 nitrogen and oxygen atoms in total. The fraction of sp³-hybridized carbons (Fsp3) is 0.750. The Bertz CT molecular complexity index is 419. The molecule has 2 saturated carbocycles. The number of hydrogen-bond donors (Lipinski definition) is 2. The Balaban J connectivity index is 1.89. The van der Waals surface area contributed by atoms with Crippen molar-refractivity contribution in [1.29, 1.82) is 0 Å². The van der Waals surface area contributed by atoms with E-state index in [9.17, 15) is 14.7 Å². The van der Waals surface area contributed by atoms with Crippen LogP contribution in [-0.4, -0.2) is 17.0 Å². The van der Waals surface area contributed by atoms with Gasteiger partial charge in [-0.2, -0.15) is 0 Å². The zero-order chi connectivity index (χ0) is 14.8. The van der Waals surface area contributed by atoms with Gasteiger partial charge in [0.15, 0.2) is 0 Å².